The third-order valence-electron chi connectivity index (χ3n) is 3.89. The normalized spacial score (nSPS) is 10.7. The molecule has 3 rings (SSSR count). The van der Waals surface area contributed by atoms with Crippen LogP contribution in [0.15, 0.2) is 77.4 Å². The second kappa shape index (κ2) is 8.67. The maximum atomic E-state index is 12.2. The van der Waals surface area contributed by atoms with E-state index < -0.39 is 5.97 Å². The summed E-state index contributed by atoms with van der Waals surface area (Å²) in [7, 11) is 0. The Balaban J connectivity index is 1.61. The molecule has 0 unspecified atom stereocenters. The van der Waals surface area contributed by atoms with Gasteiger partial charge in [-0.05, 0) is 48.4 Å². The van der Waals surface area contributed by atoms with Gasteiger partial charge in [-0.25, -0.2) is 4.79 Å². The lowest BCUT2D eigenvalue weighted by Gasteiger charge is -2.09. The lowest BCUT2D eigenvalue weighted by Crippen LogP contribution is -2.13. The van der Waals surface area contributed by atoms with Gasteiger partial charge in [0.25, 0.3) is 5.91 Å². The molecule has 1 heterocycles. The molecule has 0 saturated heterocycles. The topological polar surface area (TPSA) is 68.5 Å². The molecule has 0 saturated carbocycles. The Morgan fingerprint density at radius 1 is 1.07 bits per heavy atom. The van der Waals surface area contributed by atoms with Crippen molar-refractivity contribution in [3.8, 4) is 0 Å². The van der Waals surface area contributed by atoms with Gasteiger partial charge >= 0.3 is 5.97 Å². The van der Waals surface area contributed by atoms with Gasteiger partial charge in [-0.2, -0.15) is 0 Å². The molecule has 3 aromatic rings. The molecule has 5 nitrogen and oxygen atoms in total. The first-order valence-electron chi connectivity index (χ1n) is 8.48. The molecule has 5 heteroatoms. The first-order valence-corrected chi connectivity index (χ1v) is 8.48. The van der Waals surface area contributed by atoms with Crippen molar-refractivity contribution in [2.45, 2.75) is 6.92 Å². The maximum absolute atomic E-state index is 12.2. The van der Waals surface area contributed by atoms with Gasteiger partial charge in [0.05, 0.1) is 11.8 Å². The van der Waals surface area contributed by atoms with E-state index in [0.29, 0.717) is 11.3 Å². The van der Waals surface area contributed by atoms with E-state index in [0.717, 1.165) is 11.1 Å². The summed E-state index contributed by atoms with van der Waals surface area (Å²) >= 11 is 0. The number of amides is 1. The molecule has 0 aliphatic rings. The third-order valence-corrected chi connectivity index (χ3v) is 3.89. The lowest BCUT2D eigenvalue weighted by molar-refractivity contribution is 0.0550. The van der Waals surface area contributed by atoms with E-state index in [4.69, 9.17) is 9.15 Å². The minimum Gasteiger partial charge on any atom is -0.459 e. The van der Waals surface area contributed by atoms with Crippen LogP contribution in [-0.2, 0) is 4.74 Å². The molecule has 0 atom stereocenters. The second-order valence-electron chi connectivity index (χ2n) is 5.87. The van der Waals surface area contributed by atoms with Crippen molar-refractivity contribution in [2.24, 2.45) is 0 Å². The number of anilines is 1. The molecule has 0 radical (unpaired) electrons. The van der Waals surface area contributed by atoms with Gasteiger partial charge in [-0.3, -0.25) is 4.79 Å². The highest BCUT2D eigenvalue weighted by Crippen LogP contribution is 2.19. The van der Waals surface area contributed by atoms with Crippen LogP contribution in [0.3, 0.4) is 0 Å². The molecule has 1 amide bonds. The number of rotatable bonds is 6. The van der Waals surface area contributed by atoms with Gasteiger partial charge in [0, 0.05) is 5.69 Å². The van der Waals surface area contributed by atoms with Gasteiger partial charge in [-0.1, -0.05) is 42.5 Å². The zero-order valence-corrected chi connectivity index (χ0v) is 14.8. The van der Waals surface area contributed by atoms with E-state index in [9.17, 15) is 9.59 Å². The predicted molar refractivity (Wildman–Crippen MR) is 104 cm³/mol. The Morgan fingerprint density at radius 3 is 2.63 bits per heavy atom. The average molecular weight is 361 g/mol. The smallest absolute Gasteiger partial charge is 0.338 e. The van der Waals surface area contributed by atoms with Crippen LogP contribution in [0.4, 0.5) is 5.69 Å². The van der Waals surface area contributed by atoms with Crippen LogP contribution in [0.5, 0.6) is 0 Å². The number of hydrogen-bond acceptors (Lipinski definition) is 4. The fraction of sp³-hybridized carbons (Fsp3) is 0.0909. The third kappa shape index (κ3) is 4.95. The van der Waals surface area contributed by atoms with Crippen molar-refractivity contribution in [3.63, 3.8) is 0 Å². The fourth-order valence-electron chi connectivity index (χ4n) is 2.43. The summed E-state index contributed by atoms with van der Waals surface area (Å²) in [5.41, 5.74) is 2.76. The van der Waals surface area contributed by atoms with Crippen molar-refractivity contribution in [2.75, 3.05) is 11.9 Å². The number of esters is 1. The largest absolute Gasteiger partial charge is 0.459 e. The minimum atomic E-state index is -0.457. The predicted octanol–water partition coefficient (Wildman–Crippen LogP) is 4.71. The van der Waals surface area contributed by atoms with E-state index >= 15 is 0 Å². The summed E-state index contributed by atoms with van der Waals surface area (Å²) in [6.45, 7) is 2.01. The van der Waals surface area contributed by atoms with Gasteiger partial charge < -0.3 is 14.5 Å². The molecule has 27 heavy (non-hydrogen) atoms. The average Bonchev–Trinajstić information content (AvgIpc) is 3.22. The van der Waals surface area contributed by atoms with Gasteiger partial charge in [0.15, 0.2) is 5.76 Å². The lowest BCUT2D eigenvalue weighted by atomic mass is 10.1. The second-order valence-corrected chi connectivity index (χ2v) is 5.87. The molecule has 0 spiro atoms. The Bertz CT molecular complexity index is 944. The van der Waals surface area contributed by atoms with Gasteiger partial charge in [0.1, 0.15) is 6.61 Å². The number of benzene rings is 2. The molecular weight excluding hydrogens is 342 g/mol. The first kappa shape index (κ1) is 18.2. The Hall–Kier alpha value is -3.60. The quantitative estimate of drug-likeness (QED) is 0.646. The number of nitrogens with one attached hydrogen (secondary N) is 1. The maximum Gasteiger partial charge on any atom is 0.338 e. The van der Waals surface area contributed by atoms with Crippen molar-refractivity contribution >= 4 is 23.6 Å². The van der Waals surface area contributed by atoms with Crippen LogP contribution in [0.1, 0.15) is 32.0 Å². The monoisotopic (exact) mass is 361 g/mol. The highest BCUT2D eigenvalue weighted by Gasteiger charge is 2.13. The summed E-state index contributed by atoms with van der Waals surface area (Å²) in [6, 6.07) is 18.0. The zero-order chi connectivity index (χ0) is 19.1. The summed E-state index contributed by atoms with van der Waals surface area (Å²) in [4.78, 5) is 24.4. The molecule has 0 aliphatic heterocycles. The highest BCUT2D eigenvalue weighted by molar-refractivity contribution is 6.03. The molecule has 1 N–H and O–H groups in total. The van der Waals surface area contributed by atoms with E-state index in [1.807, 2.05) is 43.3 Å². The summed E-state index contributed by atoms with van der Waals surface area (Å²) < 4.78 is 10.3. The van der Waals surface area contributed by atoms with Crippen LogP contribution in [-0.4, -0.2) is 18.5 Å². The number of hydrogen-bond donors (Lipinski definition) is 1. The Morgan fingerprint density at radius 2 is 1.89 bits per heavy atom. The summed E-state index contributed by atoms with van der Waals surface area (Å²) in [5.74, 6) is -0.631. The van der Waals surface area contributed by atoms with E-state index in [2.05, 4.69) is 5.32 Å². The summed E-state index contributed by atoms with van der Waals surface area (Å²) in [6.07, 6.45) is 5.09. The van der Waals surface area contributed by atoms with Crippen LogP contribution < -0.4 is 5.32 Å². The Labute approximate surface area is 157 Å². The number of ether oxygens (including phenoxy) is 1. The van der Waals surface area contributed by atoms with Crippen molar-refractivity contribution in [1.29, 1.82) is 0 Å². The van der Waals surface area contributed by atoms with E-state index in [-0.39, 0.29) is 18.3 Å². The van der Waals surface area contributed by atoms with Crippen LogP contribution in [0.2, 0.25) is 0 Å². The van der Waals surface area contributed by atoms with Crippen molar-refractivity contribution in [3.05, 3.63) is 95.5 Å². The zero-order valence-electron chi connectivity index (χ0n) is 14.8. The minimum absolute atomic E-state index is 0.162. The molecular formula is C22H19NO4. The van der Waals surface area contributed by atoms with Gasteiger partial charge in [-0.15, -0.1) is 0 Å². The van der Waals surface area contributed by atoms with Crippen LogP contribution >= 0.6 is 0 Å². The van der Waals surface area contributed by atoms with Crippen molar-refractivity contribution < 1.29 is 18.7 Å². The molecule has 2 aromatic carbocycles. The van der Waals surface area contributed by atoms with Gasteiger partial charge in [0.2, 0.25) is 0 Å². The SMILES string of the molecule is Cc1ccc(C(=O)OC/C=C\c2ccccc2)cc1NC(=O)c1ccco1. The first-order chi connectivity index (χ1) is 13.1. The molecule has 0 aliphatic carbocycles. The molecule has 0 fully saturated rings. The molecule has 136 valence electrons. The number of furan rings is 1. The van der Waals surface area contributed by atoms with Crippen LogP contribution in [0, 0.1) is 6.92 Å². The van der Waals surface area contributed by atoms with Crippen molar-refractivity contribution in [1.82, 2.24) is 0 Å². The fourth-order valence-corrected chi connectivity index (χ4v) is 2.43. The highest BCUT2D eigenvalue weighted by atomic mass is 16.5. The number of carbonyl (C=O) groups excluding carboxylic acids is 2. The Kier molecular flexibility index (Phi) is 5.84. The molecule has 0 bridgehead atoms. The molecule has 1 aromatic heterocycles. The van der Waals surface area contributed by atoms with Crippen LogP contribution in [0.25, 0.3) is 6.08 Å². The summed E-state index contributed by atoms with van der Waals surface area (Å²) in [5, 5.41) is 2.74. The van der Waals surface area contributed by atoms with E-state index in [1.54, 1.807) is 36.4 Å². The number of aryl methyl sites for hydroxylation is 1. The number of carbonyl (C=O) groups is 2. The standard InChI is InChI=1S/C22H19NO4/c1-16-11-12-18(15-19(16)23-21(24)20-10-6-13-26-20)22(25)27-14-5-9-17-7-3-2-4-8-17/h2-13,15H,14H2,1H3,(H,23,24)/b9-5-. The van der Waals surface area contributed by atoms with E-state index in [1.165, 1.54) is 6.26 Å².